The lowest BCUT2D eigenvalue weighted by atomic mass is 9.75. The van der Waals surface area contributed by atoms with Crippen LogP contribution in [0.15, 0.2) is 0 Å². The molecular formula is C12H20ClNS. The molecule has 0 radical (unpaired) electrons. The zero-order valence-corrected chi connectivity index (χ0v) is 11.8. The normalized spacial score (nSPS) is 14.3. The van der Waals surface area contributed by atoms with Crippen LogP contribution in [0, 0.1) is 12.3 Å². The summed E-state index contributed by atoms with van der Waals surface area (Å²) < 4.78 is 0.668. The van der Waals surface area contributed by atoms with Crippen LogP contribution >= 0.6 is 22.9 Å². The maximum atomic E-state index is 5.94. The SMILES string of the molecule is CCCC(C)(C)C(C)c1sc(Cl)nc1C. The van der Waals surface area contributed by atoms with Crippen molar-refractivity contribution in [1.82, 2.24) is 4.98 Å². The highest BCUT2D eigenvalue weighted by Crippen LogP contribution is 2.42. The van der Waals surface area contributed by atoms with Gasteiger partial charge in [-0.15, -0.1) is 11.3 Å². The Labute approximate surface area is 102 Å². The topological polar surface area (TPSA) is 12.9 Å². The third-order valence-electron chi connectivity index (χ3n) is 3.27. The monoisotopic (exact) mass is 245 g/mol. The molecule has 0 saturated carbocycles. The molecule has 0 fully saturated rings. The van der Waals surface area contributed by atoms with Gasteiger partial charge >= 0.3 is 0 Å². The van der Waals surface area contributed by atoms with E-state index < -0.39 is 0 Å². The van der Waals surface area contributed by atoms with Gasteiger partial charge in [-0.05, 0) is 24.7 Å². The third-order valence-corrected chi connectivity index (χ3v) is 4.71. The van der Waals surface area contributed by atoms with Gasteiger partial charge in [0.15, 0.2) is 4.47 Å². The predicted molar refractivity (Wildman–Crippen MR) is 69.0 cm³/mol. The fourth-order valence-electron chi connectivity index (χ4n) is 1.99. The standard InChI is InChI=1S/C12H20ClNS/c1-6-7-12(4,5)8(2)10-9(3)14-11(13)15-10/h8H,6-7H2,1-5H3. The van der Waals surface area contributed by atoms with E-state index in [1.807, 2.05) is 0 Å². The Morgan fingerprint density at radius 2 is 2.07 bits per heavy atom. The first kappa shape index (κ1) is 13.0. The van der Waals surface area contributed by atoms with Crippen LogP contribution in [-0.2, 0) is 0 Å². The molecule has 0 aliphatic rings. The third kappa shape index (κ3) is 2.94. The minimum atomic E-state index is 0.329. The van der Waals surface area contributed by atoms with Gasteiger partial charge in [0.05, 0.1) is 5.69 Å². The molecule has 0 spiro atoms. The van der Waals surface area contributed by atoms with E-state index >= 15 is 0 Å². The van der Waals surface area contributed by atoms with Crippen LogP contribution in [0.3, 0.4) is 0 Å². The van der Waals surface area contributed by atoms with E-state index in [1.165, 1.54) is 17.7 Å². The van der Waals surface area contributed by atoms with E-state index in [9.17, 15) is 0 Å². The number of hydrogen-bond donors (Lipinski definition) is 0. The molecule has 0 amide bonds. The fraction of sp³-hybridized carbons (Fsp3) is 0.750. The van der Waals surface area contributed by atoms with E-state index in [0.29, 0.717) is 15.8 Å². The molecule has 0 saturated heterocycles. The summed E-state index contributed by atoms with van der Waals surface area (Å²) in [5.41, 5.74) is 1.43. The molecule has 3 heteroatoms. The number of halogens is 1. The number of aromatic nitrogens is 1. The summed E-state index contributed by atoms with van der Waals surface area (Å²) in [6, 6.07) is 0. The van der Waals surface area contributed by atoms with Crippen molar-refractivity contribution in [3.63, 3.8) is 0 Å². The lowest BCUT2D eigenvalue weighted by Crippen LogP contribution is -2.19. The molecular weight excluding hydrogens is 226 g/mol. The van der Waals surface area contributed by atoms with Gasteiger partial charge in [0.2, 0.25) is 0 Å². The molecule has 0 aromatic carbocycles. The first-order valence-corrected chi connectivity index (χ1v) is 6.70. The van der Waals surface area contributed by atoms with Crippen molar-refractivity contribution in [1.29, 1.82) is 0 Å². The largest absolute Gasteiger partial charge is 0.230 e. The summed E-state index contributed by atoms with van der Waals surface area (Å²) in [4.78, 5) is 5.64. The quantitative estimate of drug-likeness (QED) is 0.725. The van der Waals surface area contributed by atoms with Crippen LogP contribution in [0.4, 0.5) is 0 Å². The van der Waals surface area contributed by atoms with Crippen LogP contribution < -0.4 is 0 Å². The average molecular weight is 246 g/mol. The number of rotatable bonds is 4. The molecule has 1 rings (SSSR count). The van der Waals surface area contributed by atoms with Crippen molar-refractivity contribution < 1.29 is 0 Å². The van der Waals surface area contributed by atoms with Crippen molar-refractivity contribution in [3.8, 4) is 0 Å². The first-order valence-electron chi connectivity index (χ1n) is 5.51. The van der Waals surface area contributed by atoms with Gasteiger partial charge in [0, 0.05) is 4.88 Å². The Bertz CT molecular complexity index is 330. The minimum absolute atomic E-state index is 0.329. The first-order chi connectivity index (χ1) is 6.88. The zero-order chi connectivity index (χ0) is 11.6. The Balaban J connectivity index is 2.93. The molecule has 86 valence electrons. The number of hydrogen-bond acceptors (Lipinski definition) is 2. The van der Waals surface area contributed by atoms with Crippen LogP contribution in [0.1, 0.15) is 57.0 Å². The highest BCUT2D eigenvalue weighted by molar-refractivity contribution is 7.15. The molecule has 1 heterocycles. The second kappa shape index (κ2) is 4.84. The summed E-state index contributed by atoms with van der Waals surface area (Å²) >= 11 is 7.57. The van der Waals surface area contributed by atoms with Gasteiger partial charge in [0.1, 0.15) is 0 Å². The van der Waals surface area contributed by atoms with Crippen molar-refractivity contribution in [2.45, 2.75) is 53.4 Å². The molecule has 1 nitrogen and oxygen atoms in total. The molecule has 15 heavy (non-hydrogen) atoms. The van der Waals surface area contributed by atoms with Crippen LogP contribution in [0.5, 0.6) is 0 Å². The Morgan fingerprint density at radius 1 is 1.47 bits per heavy atom. The van der Waals surface area contributed by atoms with Crippen molar-refractivity contribution in [2.24, 2.45) is 5.41 Å². The van der Waals surface area contributed by atoms with E-state index in [2.05, 4.69) is 39.6 Å². The molecule has 0 bridgehead atoms. The van der Waals surface area contributed by atoms with Gasteiger partial charge in [0.25, 0.3) is 0 Å². The summed E-state index contributed by atoms with van der Waals surface area (Å²) in [7, 11) is 0. The molecule has 0 aliphatic heterocycles. The Hall–Kier alpha value is -0.0800. The lowest BCUT2D eigenvalue weighted by molar-refractivity contribution is 0.275. The van der Waals surface area contributed by atoms with Crippen molar-refractivity contribution in [2.75, 3.05) is 0 Å². The van der Waals surface area contributed by atoms with Crippen molar-refractivity contribution in [3.05, 3.63) is 15.0 Å². The molecule has 1 atom stereocenters. The van der Waals surface area contributed by atoms with E-state index in [4.69, 9.17) is 11.6 Å². The number of thiazole rings is 1. The summed E-state index contributed by atoms with van der Waals surface area (Å²) in [5.74, 6) is 0.530. The summed E-state index contributed by atoms with van der Waals surface area (Å²) in [5, 5.41) is 0. The zero-order valence-electron chi connectivity index (χ0n) is 10.2. The lowest BCUT2D eigenvalue weighted by Gasteiger charge is -2.31. The Morgan fingerprint density at radius 3 is 2.47 bits per heavy atom. The summed E-state index contributed by atoms with van der Waals surface area (Å²) in [6.07, 6.45) is 2.46. The highest BCUT2D eigenvalue weighted by atomic mass is 35.5. The second-order valence-corrected chi connectivity index (χ2v) is 6.49. The maximum Gasteiger partial charge on any atom is 0.184 e. The molecule has 0 aliphatic carbocycles. The van der Waals surface area contributed by atoms with Crippen molar-refractivity contribution >= 4 is 22.9 Å². The number of nitrogens with zero attached hydrogens (tertiary/aromatic N) is 1. The summed E-state index contributed by atoms with van der Waals surface area (Å²) in [6.45, 7) is 11.2. The highest BCUT2D eigenvalue weighted by Gasteiger charge is 2.29. The van der Waals surface area contributed by atoms with E-state index in [0.717, 1.165) is 5.69 Å². The van der Waals surface area contributed by atoms with Gasteiger partial charge in [-0.25, -0.2) is 4.98 Å². The molecule has 1 unspecified atom stereocenters. The molecule has 1 aromatic rings. The van der Waals surface area contributed by atoms with Gasteiger partial charge in [-0.2, -0.15) is 0 Å². The van der Waals surface area contributed by atoms with Crippen LogP contribution in [0.25, 0.3) is 0 Å². The predicted octanol–water partition coefficient (Wildman–Crippen LogP) is 5.03. The smallest absolute Gasteiger partial charge is 0.184 e. The second-order valence-electron chi connectivity index (χ2n) is 4.88. The molecule has 1 aromatic heterocycles. The average Bonchev–Trinajstić information content (AvgIpc) is 2.43. The van der Waals surface area contributed by atoms with Gasteiger partial charge in [-0.3, -0.25) is 0 Å². The fourth-order valence-corrected chi connectivity index (χ4v) is 3.42. The van der Waals surface area contributed by atoms with E-state index in [-0.39, 0.29) is 0 Å². The number of aryl methyl sites for hydroxylation is 1. The van der Waals surface area contributed by atoms with E-state index in [1.54, 1.807) is 11.3 Å². The molecule has 0 N–H and O–H groups in total. The maximum absolute atomic E-state index is 5.94. The minimum Gasteiger partial charge on any atom is -0.230 e. The Kier molecular flexibility index (Phi) is 4.19. The van der Waals surface area contributed by atoms with Crippen LogP contribution in [0.2, 0.25) is 4.47 Å². The van der Waals surface area contributed by atoms with Crippen LogP contribution in [-0.4, -0.2) is 4.98 Å². The van der Waals surface area contributed by atoms with Gasteiger partial charge in [-0.1, -0.05) is 45.7 Å². The van der Waals surface area contributed by atoms with Gasteiger partial charge < -0.3 is 0 Å².